The number of pyridine rings is 1. The summed E-state index contributed by atoms with van der Waals surface area (Å²) in [6, 6.07) is 13.2. The van der Waals surface area contributed by atoms with Crippen molar-refractivity contribution >= 4 is 33.2 Å². The zero-order chi connectivity index (χ0) is 19.7. The molecule has 0 saturated heterocycles. The van der Waals surface area contributed by atoms with E-state index in [0.717, 1.165) is 22.7 Å². The molecule has 2 N–H and O–H groups in total. The van der Waals surface area contributed by atoms with Crippen LogP contribution in [-0.2, 0) is 24.4 Å². The lowest BCUT2D eigenvalue weighted by atomic mass is 10.1. The fourth-order valence-electron chi connectivity index (χ4n) is 3.26. The number of hydrogen-bond donors (Lipinski definition) is 2. The minimum absolute atomic E-state index is 0.300. The second-order valence-electron chi connectivity index (χ2n) is 6.25. The van der Waals surface area contributed by atoms with Crippen LogP contribution in [0.3, 0.4) is 0 Å². The van der Waals surface area contributed by atoms with Crippen molar-refractivity contribution in [1.29, 1.82) is 0 Å². The summed E-state index contributed by atoms with van der Waals surface area (Å²) in [4.78, 5) is 6.36. The van der Waals surface area contributed by atoms with Crippen LogP contribution in [0.4, 0.5) is 8.78 Å². The van der Waals surface area contributed by atoms with Crippen molar-refractivity contribution in [2.24, 2.45) is 0 Å². The third-order valence-electron chi connectivity index (χ3n) is 4.45. The van der Waals surface area contributed by atoms with Crippen LogP contribution < -0.4 is 10.3 Å². The summed E-state index contributed by atoms with van der Waals surface area (Å²) in [5.74, 6) is -1.28. The predicted molar refractivity (Wildman–Crippen MR) is 102 cm³/mol. The summed E-state index contributed by atoms with van der Waals surface area (Å²) in [7, 11) is 0. The van der Waals surface area contributed by atoms with E-state index in [0.29, 0.717) is 29.5 Å². The molecule has 1 unspecified atom stereocenters. The summed E-state index contributed by atoms with van der Waals surface area (Å²) in [5.41, 5.74) is 6.03. The lowest BCUT2D eigenvalue weighted by molar-refractivity contribution is 0.503. The molecule has 0 aliphatic heterocycles. The number of benzene rings is 2. The largest absolute Gasteiger partial charge is 0.759 e. The molecule has 1 atom stereocenters. The van der Waals surface area contributed by atoms with Gasteiger partial charge in [-0.05, 0) is 29.3 Å². The maximum atomic E-state index is 14.4. The van der Waals surface area contributed by atoms with Crippen molar-refractivity contribution < 1.29 is 17.5 Å². The van der Waals surface area contributed by atoms with Crippen LogP contribution in [0.5, 0.6) is 0 Å². The minimum Gasteiger partial charge on any atom is -0.759 e. The highest BCUT2D eigenvalue weighted by Crippen LogP contribution is 2.31. The van der Waals surface area contributed by atoms with E-state index in [1.165, 1.54) is 6.07 Å². The Bertz CT molecular complexity index is 1180. The minimum atomic E-state index is -2.38. The van der Waals surface area contributed by atoms with Crippen molar-refractivity contribution in [2.45, 2.75) is 13.1 Å². The Morgan fingerprint density at radius 1 is 1.07 bits per heavy atom. The van der Waals surface area contributed by atoms with E-state index in [4.69, 9.17) is 0 Å². The number of halogens is 2. The van der Waals surface area contributed by atoms with Gasteiger partial charge in [0.05, 0.1) is 21.9 Å². The monoisotopic (exact) mass is 401 g/mol. The van der Waals surface area contributed by atoms with Crippen molar-refractivity contribution in [3.8, 4) is 0 Å². The zero-order valence-electron chi connectivity index (χ0n) is 14.5. The number of aromatic nitrogens is 2. The van der Waals surface area contributed by atoms with Crippen LogP contribution in [-0.4, -0.2) is 18.3 Å². The lowest BCUT2D eigenvalue weighted by Gasteiger charge is -2.10. The van der Waals surface area contributed by atoms with Crippen molar-refractivity contribution in [1.82, 2.24) is 19.8 Å². The molecule has 0 fully saturated rings. The smallest absolute Gasteiger partial charge is 0.137 e. The van der Waals surface area contributed by atoms with Crippen molar-refractivity contribution in [3.05, 3.63) is 77.5 Å². The molecule has 28 heavy (non-hydrogen) atoms. The second kappa shape index (κ2) is 7.72. The molecule has 4 aromatic rings. The van der Waals surface area contributed by atoms with Gasteiger partial charge in [-0.3, -0.25) is 9.19 Å². The van der Waals surface area contributed by atoms with Gasteiger partial charge >= 0.3 is 0 Å². The van der Waals surface area contributed by atoms with Gasteiger partial charge in [-0.25, -0.2) is 14.2 Å². The summed E-state index contributed by atoms with van der Waals surface area (Å²) in [6.45, 7) is 0.731. The first-order valence-electron chi connectivity index (χ1n) is 8.40. The zero-order valence-corrected chi connectivity index (χ0v) is 15.3. The molecule has 2 aromatic heterocycles. The van der Waals surface area contributed by atoms with Crippen LogP contribution >= 0.6 is 0 Å². The molecular formula is C19H15F2N4O2S-. The molecule has 0 radical (unpaired) electrons. The van der Waals surface area contributed by atoms with Gasteiger partial charge in [0, 0.05) is 36.6 Å². The quantitative estimate of drug-likeness (QED) is 0.385. The molecule has 0 bridgehead atoms. The van der Waals surface area contributed by atoms with E-state index < -0.39 is 22.9 Å². The molecule has 4 rings (SSSR count). The van der Waals surface area contributed by atoms with Crippen LogP contribution in [0.25, 0.3) is 21.9 Å². The summed E-state index contributed by atoms with van der Waals surface area (Å²) < 4.78 is 51.0. The van der Waals surface area contributed by atoms with Gasteiger partial charge < -0.3 is 9.12 Å². The molecule has 0 saturated carbocycles. The first kappa shape index (κ1) is 18.6. The molecule has 9 heteroatoms. The van der Waals surface area contributed by atoms with E-state index >= 15 is 0 Å². The van der Waals surface area contributed by atoms with Gasteiger partial charge in [-0.15, -0.1) is 0 Å². The van der Waals surface area contributed by atoms with Gasteiger partial charge in [0.2, 0.25) is 0 Å². The number of nitrogens with zero attached hydrogens (tertiary/aromatic N) is 2. The van der Waals surface area contributed by atoms with Crippen LogP contribution in [0.1, 0.15) is 11.1 Å². The van der Waals surface area contributed by atoms with E-state index in [1.807, 2.05) is 34.9 Å². The van der Waals surface area contributed by atoms with E-state index in [2.05, 4.69) is 15.2 Å². The summed E-state index contributed by atoms with van der Waals surface area (Å²) in [6.07, 6.45) is 1.58. The first-order valence-corrected chi connectivity index (χ1v) is 9.48. The highest BCUT2D eigenvalue weighted by Gasteiger charge is 2.16. The first-order chi connectivity index (χ1) is 13.5. The summed E-state index contributed by atoms with van der Waals surface area (Å²) in [5, 5.41) is 0.300. The van der Waals surface area contributed by atoms with E-state index in [9.17, 15) is 17.5 Å². The Morgan fingerprint density at radius 2 is 1.82 bits per heavy atom. The Balaban J connectivity index is 1.68. The Kier molecular flexibility index (Phi) is 5.14. The maximum absolute atomic E-state index is 14.4. The molecule has 144 valence electrons. The standard InChI is InChI=1S/C19H16F2N4O2S/c20-14-8-15(21)18-17(9-14)25(16-2-1-7-22-19(16)18)11-13-5-3-12(4-6-13)10-23-24-28(26)27/h1-9,23-24H,10-11H2,(H,26,27)/p-1. The van der Waals surface area contributed by atoms with Gasteiger partial charge in [0.25, 0.3) is 0 Å². The molecule has 0 amide bonds. The fourth-order valence-corrected chi connectivity index (χ4v) is 3.45. The third-order valence-corrected chi connectivity index (χ3v) is 4.76. The topological polar surface area (TPSA) is 82.0 Å². The van der Waals surface area contributed by atoms with Gasteiger partial charge in [-0.2, -0.15) is 4.83 Å². The molecule has 6 nitrogen and oxygen atoms in total. The molecule has 0 aliphatic rings. The number of fused-ring (bicyclic) bond motifs is 3. The Labute approximate surface area is 161 Å². The molecule has 0 spiro atoms. The van der Waals surface area contributed by atoms with Gasteiger partial charge in [0.1, 0.15) is 11.6 Å². The van der Waals surface area contributed by atoms with Crippen molar-refractivity contribution in [2.75, 3.05) is 0 Å². The number of rotatable bonds is 6. The number of nitrogens with one attached hydrogen (secondary N) is 2. The fraction of sp³-hybridized carbons (Fsp3) is 0.105. The summed E-state index contributed by atoms with van der Waals surface area (Å²) >= 11 is -2.38. The molecule has 2 aromatic carbocycles. The number of hydrogen-bond acceptors (Lipinski definition) is 4. The second-order valence-corrected chi connectivity index (χ2v) is 6.92. The molecular weight excluding hydrogens is 386 g/mol. The van der Waals surface area contributed by atoms with Gasteiger partial charge in [-0.1, -0.05) is 24.3 Å². The highest BCUT2D eigenvalue weighted by atomic mass is 32.2. The van der Waals surface area contributed by atoms with Crippen LogP contribution in [0.2, 0.25) is 0 Å². The average molecular weight is 401 g/mol. The SMILES string of the molecule is O=S([O-])NNCc1ccc(Cn2c3cccnc3c3c(F)cc(F)cc32)cc1. The average Bonchev–Trinajstić information content (AvgIpc) is 2.97. The third kappa shape index (κ3) is 3.65. The highest BCUT2D eigenvalue weighted by molar-refractivity contribution is 7.76. The van der Waals surface area contributed by atoms with Crippen LogP contribution in [0, 0.1) is 11.6 Å². The van der Waals surface area contributed by atoms with Crippen molar-refractivity contribution in [3.63, 3.8) is 0 Å². The normalized spacial score (nSPS) is 12.7. The van der Waals surface area contributed by atoms with E-state index in [1.54, 1.807) is 12.3 Å². The Hall–Kier alpha value is -2.72. The van der Waals surface area contributed by atoms with Crippen LogP contribution in [0.15, 0.2) is 54.7 Å². The van der Waals surface area contributed by atoms with E-state index in [-0.39, 0.29) is 0 Å². The van der Waals surface area contributed by atoms with Gasteiger partial charge in [0.15, 0.2) is 0 Å². The Morgan fingerprint density at radius 3 is 2.57 bits per heavy atom. The number of hydrazine groups is 1. The predicted octanol–water partition coefficient (Wildman–Crippen LogP) is 2.90. The lowest BCUT2D eigenvalue weighted by Crippen LogP contribution is -2.32. The maximum Gasteiger partial charge on any atom is 0.137 e. The molecule has 2 heterocycles. The molecule has 0 aliphatic carbocycles.